The number of hydrogen-bond donors (Lipinski definition) is 1. The molecule has 1 saturated heterocycles. The maximum absolute atomic E-state index is 12.9. The Morgan fingerprint density at radius 3 is 2.78 bits per heavy atom. The number of carbonyl (C=O) groups is 1. The van der Waals surface area contributed by atoms with Crippen LogP contribution in [0.1, 0.15) is 12.5 Å². The Hall–Kier alpha value is -1.96. The van der Waals surface area contributed by atoms with Gasteiger partial charge in [0.15, 0.2) is 0 Å². The molecule has 1 aliphatic heterocycles. The van der Waals surface area contributed by atoms with Crippen LogP contribution in [0.2, 0.25) is 0 Å². The summed E-state index contributed by atoms with van der Waals surface area (Å²) < 4.78 is 0. The minimum Gasteiger partial charge on any atom is -0.330 e. The van der Waals surface area contributed by atoms with Gasteiger partial charge < -0.3 is 9.80 Å². The molecule has 0 spiro atoms. The first kappa shape index (κ1) is 18.4. The summed E-state index contributed by atoms with van der Waals surface area (Å²) in [6.45, 7) is 6.66. The highest BCUT2D eigenvalue weighted by molar-refractivity contribution is 8.00. The molecular weight excluding hydrogens is 376 g/mol. The van der Waals surface area contributed by atoms with Gasteiger partial charge in [-0.3, -0.25) is 4.79 Å². The molecule has 5 nitrogen and oxygen atoms in total. The van der Waals surface area contributed by atoms with Crippen LogP contribution in [-0.4, -0.2) is 52.2 Å². The number of nitrogens with zero attached hydrogens (tertiary/aromatic N) is 3. The van der Waals surface area contributed by atoms with E-state index in [4.69, 9.17) is 0 Å². The molecule has 1 aliphatic rings. The molecule has 1 atom stereocenters. The molecule has 3 heterocycles. The van der Waals surface area contributed by atoms with Crippen molar-refractivity contribution in [1.29, 1.82) is 0 Å². The first-order valence-corrected chi connectivity index (χ1v) is 11.0. The average molecular weight is 400 g/mol. The highest BCUT2D eigenvalue weighted by Gasteiger charge is 2.28. The number of nitrogens with one attached hydrogen (secondary N) is 1. The summed E-state index contributed by atoms with van der Waals surface area (Å²) in [5.41, 5.74) is 1.36. The van der Waals surface area contributed by atoms with Crippen LogP contribution in [0.4, 0.5) is 0 Å². The molecule has 0 saturated carbocycles. The molecule has 0 unspecified atom stereocenters. The molecule has 2 aromatic heterocycles. The molecular formula is C20H23N4OS2+. The summed E-state index contributed by atoms with van der Waals surface area (Å²) in [5.74, 6) is 0.209. The third kappa shape index (κ3) is 4.31. The van der Waals surface area contributed by atoms with E-state index >= 15 is 0 Å². The predicted octanol–water partition coefficient (Wildman–Crippen LogP) is 2.10. The van der Waals surface area contributed by atoms with Gasteiger partial charge in [0, 0.05) is 10.9 Å². The largest absolute Gasteiger partial charge is 0.330 e. The van der Waals surface area contributed by atoms with Crippen LogP contribution in [0.25, 0.3) is 10.2 Å². The van der Waals surface area contributed by atoms with Crippen molar-refractivity contribution in [3.8, 4) is 0 Å². The van der Waals surface area contributed by atoms with Gasteiger partial charge in [-0.15, -0.1) is 11.3 Å². The zero-order valence-corrected chi connectivity index (χ0v) is 16.9. The minimum atomic E-state index is -0.140. The molecule has 140 valence electrons. The number of piperazine rings is 1. The average Bonchev–Trinajstić information content (AvgIpc) is 3.19. The van der Waals surface area contributed by atoms with E-state index in [2.05, 4.69) is 40.3 Å². The Morgan fingerprint density at radius 2 is 2.00 bits per heavy atom. The standard InChI is InChI=1S/C20H22N4OS2/c1-15(27-19-17-7-12-26-18(17)21-14-22-19)20(25)24-10-8-23(9-11-24)13-16-5-3-2-4-6-16/h2-7,12,14-15H,8-11,13H2,1H3/p+1/t15-/m1/s1. The van der Waals surface area contributed by atoms with Gasteiger partial charge in [0.25, 0.3) is 0 Å². The van der Waals surface area contributed by atoms with E-state index in [0.717, 1.165) is 48.0 Å². The van der Waals surface area contributed by atoms with E-state index in [1.54, 1.807) is 34.3 Å². The number of amides is 1. The maximum atomic E-state index is 12.9. The molecule has 4 rings (SSSR count). The second-order valence-electron chi connectivity index (χ2n) is 6.82. The zero-order valence-electron chi connectivity index (χ0n) is 15.3. The van der Waals surface area contributed by atoms with Gasteiger partial charge in [-0.05, 0) is 18.4 Å². The molecule has 1 N–H and O–H groups in total. The highest BCUT2D eigenvalue weighted by atomic mass is 32.2. The molecule has 7 heteroatoms. The fraction of sp³-hybridized carbons (Fsp3) is 0.350. The van der Waals surface area contributed by atoms with Gasteiger partial charge in [0.2, 0.25) is 5.91 Å². The summed E-state index contributed by atoms with van der Waals surface area (Å²) in [4.78, 5) is 26.1. The van der Waals surface area contributed by atoms with Gasteiger partial charge >= 0.3 is 0 Å². The first-order chi connectivity index (χ1) is 13.2. The van der Waals surface area contributed by atoms with Crippen molar-refractivity contribution in [3.63, 3.8) is 0 Å². The number of fused-ring (bicyclic) bond motifs is 1. The number of aromatic nitrogens is 2. The maximum Gasteiger partial charge on any atom is 0.236 e. The molecule has 1 fully saturated rings. The lowest BCUT2D eigenvalue weighted by Gasteiger charge is -2.33. The van der Waals surface area contributed by atoms with Gasteiger partial charge in [-0.1, -0.05) is 42.1 Å². The van der Waals surface area contributed by atoms with Crippen molar-refractivity contribution in [3.05, 3.63) is 53.7 Å². The van der Waals surface area contributed by atoms with E-state index in [1.165, 1.54) is 5.56 Å². The number of rotatable bonds is 5. The predicted molar refractivity (Wildman–Crippen MR) is 110 cm³/mol. The van der Waals surface area contributed by atoms with Crippen LogP contribution in [0.3, 0.4) is 0 Å². The number of thiophene rings is 1. The summed E-state index contributed by atoms with van der Waals surface area (Å²) >= 11 is 3.14. The van der Waals surface area contributed by atoms with Gasteiger partial charge in [0.1, 0.15) is 22.7 Å². The fourth-order valence-electron chi connectivity index (χ4n) is 3.44. The van der Waals surface area contributed by atoms with Crippen molar-refractivity contribution in [2.75, 3.05) is 26.2 Å². The molecule has 27 heavy (non-hydrogen) atoms. The van der Waals surface area contributed by atoms with Crippen molar-refractivity contribution >= 4 is 39.2 Å². The highest BCUT2D eigenvalue weighted by Crippen LogP contribution is 2.30. The minimum absolute atomic E-state index is 0.140. The van der Waals surface area contributed by atoms with Gasteiger partial charge in [-0.25, -0.2) is 9.97 Å². The SMILES string of the molecule is C[C@@H](Sc1ncnc2sccc12)C(=O)N1CC[NH+](Cc2ccccc2)CC1. The number of benzene rings is 1. The molecule has 3 aromatic rings. The van der Waals surface area contributed by atoms with Crippen LogP contribution in [-0.2, 0) is 11.3 Å². The molecule has 1 aromatic carbocycles. The molecule has 0 bridgehead atoms. The number of carbonyl (C=O) groups excluding carboxylic acids is 1. The Balaban J connectivity index is 1.33. The van der Waals surface area contributed by atoms with Crippen LogP contribution in [0.15, 0.2) is 53.1 Å². The lowest BCUT2D eigenvalue weighted by molar-refractivity contribution is -0.917. The fourth-order valence-corrected chi connectivity index (χ4v) is 5.22. The third-order valence-electron chi connectivity index (χ3n) is 4.94. The van der Waals surface area contributed by atoms with Gasteiger partial charge in [0.05, 0.1) is 31.4 Å². The quantitative estimate of drug-likeness (QED) is 0.527. The topological polar surface area (TPSA) is 50.5 Å². The number of hydrogen-bond acceptors (Lipinski definition) is 5. The summed E-state index contributed by atoms with van der Waals surface area (Å²) in [7, 11) is 0. The van der Waals surface area contributed by atoms with Crippen molar-refractivity contribution in [1.82, 2.24) is 14.9 Å². The Bertz CT molecular complexity index is 907. The summed E-state index contributed by atoms with van der Waals surface area (Å²) in [6, 6.07) is 12.6. The summed E-state index contributed by atoms with van der Waals surface area (Å²) in [5, 5.41) is 3.82. The monoisotopic (exact) mass is 399 g/mol. The van der Waals surface area contributed by atoms with E-state index in [1.807, 2.05) is 23.3 Å². The van der Waals surface area contributed by atoms with E-state index in [9.17, 15) is 4.79 Å². The first-order valence-electron chi connectivity index (χ1n) is 9.22. The van der Waals surface area contributed by atoms with Crippen LogP contribution in [0, 0.1) is 0 Å². The Labute approximate surface area is 167 Å². The zero-order chi connectivity index (χ0) is 18.6. The normalized spacial score (nSPS) is 16.6. The second-order valence-corrected chi connectivity index (χ2v) is 9.04. The van der Waals surface area contributed by atoms with Crippen LogP contribution >= 0.6 is 23.1 Å². The third-order valence-corrected chi connectivity index (χ3v) is 6.87. The van der Waals surface area contributed by atoms with E-state index in [-0.39, 0.29) is 11.2 Å². The summed E-state index contributed by atoms with van der Waals surface area (Å²) in [6.07, 6.45) is 1.59. The van der Waals surface area contributed by atoms with E-state index in [0.29, 0.717) is 0 Å². The Morgan fingerprint density at radius 1 is 1.22 bits per heavy atom. The van der Waals surface area contributed by atoms with Crippen molar-refractivity contribution in [2.24, 2.45) is 0 Å². The van der Waals surface area contributed by atoms with Crippen LogP contribution < -0.4 is 4.90 Å². The van der Waals surface area contributed by atoms with E-state index < -0.39 is 0 Å². The van der Waals surface area contributed by atoms with Gasteiger partial charge in [-0.2, -0.15) is 0 Å². The molecule has 0 radical (unpaired) electrons. The number of thioether (sulfide) groups is 1. The second kappa shape index (κ2) is 8.37. The Kier molecular flexibility index (Phi) is 5.71. The van der Waals surface area contributed by atoms with Crippen molar-refractivity contribution < 1.29 is 9.69 Å². The van der Waals surface area contributed by atoms with Crippen LogP contribution in [0.5, 0.6) is 0 Å². The molecule has 0 aliphatic carbocycles. The number of quaternary nitrogens is 1. The lowest BCUT2D eigenvalue weighted by atomic mass is 10.2. The lowest BCUT2D eigenvalue weighted by Crippen LogP contribution is -3.13. The van der Waals surface area contributed by atoms with Crippen molar-refractivity contribution in [2.45, 2.75) is 23.7 Å². The molecule has 1 amide bonds. The smallest absolute Gasteiger partial charge is 0.236 e.